The van der Waals surface area contributed by atoms with Crippen LogP contribution in [0.2, 0.25) is 0 Å². The van der Waals surface area contributed by atoms with Gasteiger partial charge in [-0.3, -0.25) is 4.79 Å². The third-order valence-corrected chi connectivity index (χ3v) is 2.34. The highest BCUT2D eigenvalue weighted by Gasteiger charge is 2.14. The van der Waals surface area contributed by atoms with Crippen LogP contribution in [-0.2, 0) is 9.53 Å². The number of carbonyl (C=O) groups is 1. The molecule has 1 unspecified atom stereocenters. The summed E-state index contributed by atoms with van der Waals surface area (Å²) in [6.07, 6.45) is 6.42. The molecule has 0 aromatic heterocycles. The number of rotatable bonds is 3. The molecule has 0 saturated carbocycles. The molecule has 1 atom stereocenters. The fraction of sp³-hybridized carbons (Fsp3) is 0.444. The summed E-state index contributed by atoms with van der Waals surface area (Å²) in [6.45, 7) is 0. The van der Waals surface area contributed by atoms with Crippen LogP contribution in [0.4, 0.5) is 0 Å². The van der Waals surface area contributed by atoms with Gasteiger partial charge < -0.3 is 4.74 Å². The second kappa shape index (κ2) is 4.58. The van der Waals surface area contributed by atoms with Crippen molar-refractivity contribution in [2.45, 2.75) is 12.5 Å². The van der Waals surface area contributed by atoms with E-state index in [-0.39, 0.29) is 11.9 Å². The average Bonchev–Trinajstić information content (AvgIpc) is 2.17. The van der Waals surface area contributed by atoms with E-state index in [1.807, 2.05) is 18.2 Å². The molecule has 2 nitrogen and oxygen atoms in total. The van der Waals surface area contributed by atoms with Crippen LogP contribution in [-0.4, -0.2) is 24.3 Å². The van der Waals surface area contributed by atoms with Crippen molar-refractivity contribution in [2.24, 2.45) is 0 Å². The number of halogens is 1. The minimum absolute atomic E-state index is 0.0630. The molecule has 0 N–H and O–H groups in total. The van der Waals surface area contributed by atoms with Crippen LogP contribution in [0, 0.1) is 0 Å². The van der Waals surface area contributed by atoms with E-state index in [1.54, 1.807) is 7.11 Å². The van der Waals surface area contributed by atoms with Gasteiger partial charge in [0.2, 0.25) is 0 Å². The van der Waals surface area contributed by atoms with Crippen LogP contribution in [0.25, 0.3) is 0 Å². The molecule has 66 valence electrons. The SMILES string of the molecule is COC1C=CC=C(C(=O)CBr)C1. The van der Waals surface area contributed by atoms with Gasteiger partial charge in [0, 0.05) is 13.5 Å². The van der Waals surface area contributed by atoms with Gasteiger partial charge in [0.05, 0.1) is 11.4 Å². The summed E-state index contributed by atoms with van der Waals surface area (Å²) in [5, 5.41) is 0.392. The number of alkyl halides is 1. The zero-order valence-corrected chi connectivity index (χ0v) is 8.50. The van der Waals surface area contributed by atoms with E-state index in [9.17, 15) is 4.79 Å². The maximum atomic E-state index is 11.2. The fourth-order valence-electron chi connectivity index (χ4n) is 1.10. The fourth-order valence-corrected chi connectivity index (χ4v) is 1.46. The van der Waals surface area contributed by atoms with Crippen LogP contribution in [0.5, 0.6) is 0 Å². The normalized spacial score (nSPS) is 22.2. The van der Waals surface area contributed by atoms with E-state index in [4.69, 9.17) is 4.74 Å². The lowest BCUT2D eigenvalue weighted by Gasteiger charge is -2.15. The molecule has 0 aliphatic heterocycles. The van der Waals surface area contributed by atoms with Crippen LogP contribution in [0.15, 0.2) is 23.8 Å². The second-order valence-corrected chi connectivity index (χ2v) is 3.17. The van der Waals surface area contributed by atoms with E-state index in [2.05, 4.69) is 15.9 Å². The maximum Gasteiger partial charge on any atom is 0.169 e. The number of methoxy groups -OCH3 is 1. The van der Waals surface area contributed by atoms with Crippen LogP contribution in [0.3, 0.4) is 0 Å². The number of Topliss-reactive ketones (excluding diaryl/α,β-unsaturated/α-hetero) is 1. The first-order valence-electron chi connectivity index (χ1n) is 3.77. The van der Waals surface area contributed by atoms with Gasteiger partial charge in [-0.1, -0.05) is 34.2 Å². The molecule has 0 fully saturated rings. The van der Waals surface area contributed by atoms with Crippen LogP contribution >= 0.6 is 15.9 Å². The van der Waals surface area contributed by atoms with Crippen molar-refractivity contribution in [3.05, 3.63) is 23.8 Å². The Labute approximate surface area is 80.4 Å². The summed E-state index contributed by atoms with van der Waals surface area (Å²) < 4.78 is 5.12. The molecule has 0 aromatic carbocycles. The summed E-state index contributed by atoms with van der Waals surface area (Å²) in [7, 11) is 1.65. The molecule has 0 amide bonds. The molecule has 1 aliphatic carbocycles. The van der Waals surface area contributed by atoms with Crippen LogP contribution < -0.4 is 0 Å². The molecule has 0 spiro atoms. The van der Waals surface area contributed by atoms with Crippen molar-refractivity contribution in [1.82, 2.24) is 0 Å². The molecule has 1 rings (SSSR count). The van der Waals surface area contributed by atoms with E-state index in [1.165, 1.54) is 0 Å². The molecule has 0 heterocycles. The predicted molar refractivity (Wildman–Crippen MR) is 51.4 cm³/mol. The highest BCUT2D eigenvalue weighted by atomic mass is 79.9. The van der Waals surface area contributed by atoms with E-state index in [0.717, 1.165) is 5.57 Å². The first-order chi connectivity index (χ1) is 5.77. The van der Waals surface area contributed by atoms with Gasteiger partial charge in [0.15, 0.2) is 5.78 Å². The Bertz CT molecular complexity index is 231. The maximum absolute atomic E-state index is 11.2. The molecule has 3 heteroatoms. The van der Waals surface area contributed by atoms with Gasteiger partial charge in [-0.05, 0) is 5.57 Å². The number of hydrogen-bond acceptors (Lipinski definition) is 2. The van der Waals surface area contributed by atoms with Gasteiger partial charge in [-0.15, -0.1) is 0 Å². The lowest BCUT2D eigenvalue weighted by molar-refractivity contribution is -0.113. The molecular formula is C9H11BrO2. The zero-order valence-electron chi connectivity index (χ0n) is 6.92. The molecule has 12 heavy (non-hydrogen) atoms. The van der Waals surface area contributed by atoms with Crippen molar-refractivity contribution in [1.29, 1.82) is 0 Å². The Morgan fingerprint density at radius 2 is 2.58 bits per heavy atom. The van der Waals surface area contributed by atoms with E-state index in [0.29, 0.717) is 11.8 Å². The Hall–Kier alpha value is -0.410. The Morgan fingerprint density at radius 1 is 1.83 bits per heavy atom. The molecule has 1 aliphatic rings. The van der Waals surface area contributed by atoms with Crippen molar-refractivity contribution in [3.8, 4) is 0 Å². The average molecular weight is 231 g/mol. The van der Waals surface area contributed by atoms with Crippen molar-refractivity contribution < 1.29 is 9.53 Å². The minimum atomic E-state index is 0.0630. The molecule has 0 aromatic rings. The molecule has 0 radical (unpaired) electrons. The highest BCUT2D eigenvalue weighted by molar-refractivity contribution is 9.09. The molecule has 0 bridgehead atoms. The lowest BCUT2D eigenvalue weighted by atomic mass is 10.00. The number of allylic oxidation sites excluding steroid dienone is 2. The summed E-state index contributed by atoms with van der Waals surface area (Å²) in [5.41, 5.74) is 0.834. The molecule has 0 saturated heterocycles. The second-order valence-electron chi connectivity index (χ2n) is 2.61. The zero-order chi connectivity index (χ0) is 8.97. The Balaban J connectivity index is 2.62. The third-order valence-electron chi connectivity index (χ3n) is 1.83. The summed E-state index contributed by atoms with van der Waals surface area (Å²) in [6, 6.07) is 0. The summed E-state index contributed by atoms with van der Waals surface area (Å²) in [4.78, 5) is 11.2. The summed E-state index contributed by atoms with van der Waals surface area (Å²) in [5.74, 6) is 0.140. The largest absolute Gasteiger partial charge is 0.377 e. The van der Waals surface area contributed by atoms with Crippen molar-refractivity contribution in [2.75, 3.05) is 12.4 Å². The van der Waals surface area contributed by atoms with Gasteiger partial charge in [0.25, 0.3) is 0 Å². The third kappa shape index (κ3) is 2.29. The Morgan fingerprint density at radius 3 is 3.17 bits per heavy atom. The monoisotopic (exact) mass is 230 g/mol. The Kier molecular flexibility index (Phi) is 3.69. The van der Waals surface area contributed by atoms with Gasteiger partial charge >= 0.3 is 0 Å². The first kappa shape index (κ1) is 9.68. The van der Waals surface area contributed by atoms with Crippen molar-refractivity contribution >= 4 is 21.7 Å². The van der Waals surface area contributed by atoms with Gasteiger partial charge in [-0.25, -0.2) is 0 Å². The number of ketones is 1. The quantitative estimate of drug-likeness (QED) is 0.693. The minimum Gasteiger partial charge on any atom is -0.377 e. The molecular weight excluding hydrogens is 220 g/mol. The van der Waals surface area contributed by atoms with Gasteiger partial charge in [-0.2, -0.15) is 0 Å². The summed E-state index contributed by atoms with van der Waals surface area (Å²) >= 11 is 3.14. The smallest absolute Gasteiger partial charge is 0.169 e. The van der Waals surface area contributed by atoms with E-state index < -0.39 is 0 Å². The lowest BCUT2D eigenvalue weighted by Crippen LogP contribution is -2.15. The van der Waals surface area contributed by atoms with Gasteiger partial charge in [0.1, 0.15) is 0 Å². The number of ether oxygens (including phenoxy) is 1. The number of hydrogen-bond donors (Lipinski definition) is 0. The van der Waals surface area contributed by atoms with E-state index >= 15 is 0 Å². The standard InChI is InChI=1S/C9H11BrO2/c1-12-8-4-2-3-7(5-8)9(11)6-10/h2-4,8H,5-6H2,1H3. The topological polar surface area (TPSA) is 26.3 Å². The van der Waals surface area contributed by atoms with Crippen LogP contribution in [0.1, 0.15) is 6.42 Å². The predicted octanol–water partition coefficient (Wildman–Crippen LogP) is 1.85. The van der Waals surface area contributed by atoms with Crippen molar-refractivity contribution in [3.63, 3.8) is 0 Å². The first-order valence-corrected chi connectivity index (χ1v) is 4.89. The number of carbonyl (C=O) groups excluding carboxylic acids is 1. The highest BCUT2D eigenvalue weighted by Crippen LogP contribution is 2.16.